The highest BCUT2D eigenvalue weighted by Crippen LogP contribution is 2.37. The Hall–Kier alpha value is -1.35. The highest BCUT2D eigenvalue weighted by molar-refractivity contribution is 6.05. The lowest BCUT2D eigenvalue weighted by Gasteiger charge is -2.15. The smallest absolute Gasteiger partial charge is 0.234 e. The molecule has 0 bridgehead atoms. The molecule has 0 aliphatic carbocycles. The van der Waals surface area contributed by atoms with Gasteiger partial charge in [-0.25, -0.2) is 0 Å². The number of methoxy groups -OCH3 is 1. The number of carbonyl (C=O) groups is 1. The maximum Gasteiger partial charge on any atom is 0.234 e. The zero-order chi connectivity index (χ0) is 11.1. The minimum atomic E-state index is -0.431. The number of anilines is 1. The predicted octanol–water partition coefficient (Wildman–Crippen LogP) is 2.06. The number of rotatable bonds is 2. The average molecular weight is 205 g/mol. The van der Waals surface area contributed by atoms with Crippen molar-refractivity contribution in [2.75, 3.05) is 12.4 Å². The molecule has 1 N–H and O–H groups in total. The lowest BCUT2D eigenvalue weighted by molar-refractivity contribution is -0.119. The molecule has 1 heterocycles. The fraction of sp³-hybridized carbons (Fsp3) is 0.417. The van der Waals surface area contributed by atoms with Gasteiger partial charge in [-0.3, -0.25) is 4.79 Å². The van der Waals surface area contributed by atoms with E-state index in [1.54, 1.807) is 7.11 Å². The first-order chi connectivity index (χ1) is 7.05. The summed E-state index contributed by atoms with van der Waals surface area (Å²) in [5.74, 6) is 0.0621. The Kier molecular flexibility index (Phi) is 2.27. The minimum Gasteiger partial charge on any atom is -0.380 e. The molecule has 0 unspecified atom stereocenters. The lowest BCUT2D eigenvalue weighted by atomic mass is 9.85. The molecule has 1 aromatic rings. The van der Waals surface area contributed by atoms with Crippen LogP contribution in [-0.2, 0) is 21.6 Å². The van der Waals surface area contributed by atoms with E-state index in [1.165, 1.54) is 0 Å². The highest BCUT2D eigenvalue weighted by Gasteiger charge is 2.38. The van der Waals surface area contributed by atoms with Crippen molar-refractivity contribution in [2.24, 2.45) is 0 Å². The molecule has 1 amide bonds. The summed E-state index contributed by atoms with van der Waals surface area (Å²) in [6.07, 6.45) is 0. The van der Waals surface area contributed by atoms with Crippen molar-refractivity contribution in [1.82, 2.24) is 0 Å². The number of carbonyl (C=O) groups excluding carboxylic acids is 1. The molecule has 0 fully saturated rings. The van der Waals surface area contributed by atoms with Crippen molar-refractivity contribution in [3.05, 3.63) is 29.3 Å². The second-order valence-electron chi connectivity index (χ2n) is 4.39. The van der Waals surface area contributed by atoms with Crippen LogP contribution in [0.15, 0.2) is 18.2 Å². The van der Waals surface area contributed by atoms with Gasteiger partial charge in [-0.05, 0) is 31.0 Å². The van der Waals surface area contributed by atoms with Crippen molar-refractivity contribution < 1.29 is 9.53 Å². The van der Waals surface area contributed by atoms with E-state index in [2.05, 4.69) is 5.32 Å². The molecule has 1 aliphatic rings. The van der Waals surface area contributed by atoms with E-state index in [0.29, 0.717) is 6.61 Å². The van der Waals surface area contributed by atoms with E-state index >= 15 is 0 Å². The molecule has 80 valence electrons. The lowest BCUT2D eigenvalue weighted by Crippen LogP contribution is -2.26. The van der Waals surface area contributed by atoms with Gasteiger partial charge in [0.25, 0.3) is 0 Å². The van der Waals surface area contributed by atoms with Crippen LogP contribution in [0.1, 0.15) is 25.0 Å². The maximum atomic E-state index is 11.7. The van der Waals surface area contributed by atoms with Gasteiger partial charge in [0.15, 0.2) is 0 Å². The summed E-state index contributed by atoms with van der Waals surface area (Å²) in [6.45, 7) is 4.45. The van der Waals surface area contributed by atoms with E-state index in [9.17, 15) is 4.79 Å². The fourth-order valence-corrected chi connectivity index (χ4v) is 1.87. The topological polar surface area (TPSA) is 38.3 Å². The number of amides is 1. The molecule has 0 saturated heterocycles. The molecule has 0 saturated carbocycles. The first-order valence-electron chi connectivity index (χ1n) is 4.99. The van der Waals surface area contributed by atoms with E-state index in [0.717, 1.165) is 16.8 Å². The zero-order valence-electron chi connectivity index (χ0n) is 9.26. The SMILES string of the molecule is COCc1ccc2c(c1)C(C)(C)C(=O)N2. The molecule has 0 aromatic heterocycles. The summed E-state index contributed by atoms with van der Waals surface area (Å²) in [4.78, 5) is 11.7. The average Bonchev–Trinajstić information content (AvgIpc) is 2.40. The van der Waals surface area contributed by atoms with E-state index in [1.807, 2.05) is 32.0 Å². The standard InChI is InChI=1S/C12H15NO2/c1-12(2)9-6-8(7-15-3)4-5-10(9)13-11(12)14/h4-6H,7H2,1-3H3,(H,13,14). The molecule has 15 heavy (non-hydrogen) atoms. The molecule has 0 spiro atoms. The monoisotopic (exact) mass is 205 g/mol. The fourth-order valence-electron chi connectivity index (χ4n) is 1.87. The Morgan fingerprint density at radius 3 is 2.80 bits per heavy atom. The molecule has 0 atom stereocenters. The molecule has 2 rings (SSSR count). The Morgan fingerprint density at radius 1 is 1.40 bits per heavy atom. The summed E-state index contributed by atoms with van der Waals surface area (Å²) in [7, 11) is 1.67. The quantitative estimate of drug-likeness (QED) is 0.802. The van der Waals surface area contributed by atoms with Crippen molar-refractivity contribution in [3.63, 3.8) is 0 Å². The second kappa shape index (κ2) is 3.35. The first-order valence-corrected chi connectivity index (χ1v) is 4.99. The zero-order valence-corrected chi connectivity index (χ0v) is 9.26. The van der Waals surface area contributed by atoms with Crippen LogP contribution in [0.3, 0.4) is 0 Å². The molecule has 3 heteroatoms. The number of nitrogens with one attached hydrogen (secondary N) is 1. The van der Waals surface area contributed by atoms with Gasteiger partial charge < -0.3 is 10.1 Å². The van der Waals surface area contributed by atoms with Gasteiger partial charge in [-0.1, -0.05) is 12.1 Å². The van der Waals surface area contributed by atoms with E-state index in [-0.39, 0.29) is 5.91 Å². The number of fused-ring (bicyclic) bond motifs is 1. The Labute approximate surface area is 89.4 Å². The second-order valence-corrected chi connectivity index (χ2v) is 4.39. The van der Waals surface area contributed by atoms with Crippen molar-refractivity contribution in [1.29, 1.82) is 0 Å². The summed E-state index contributed by atoms with van der Waals surface area (Å²) in [5.41, 5.74) is 2.65. The van der Waals surface area contributed by atoms with Gasteiger partial charge in [-0.2, -0.15) is 0 Å². The third-order valence-corrected chi connectivity index (χ3v) is 2.88. The third kappa shape index (κ3) is 1.53. The Balaban J connectivity index is 2.45. The van der Waals surface area contributed by atoms with Crippen molar-refractivity contribution >= 4 is 11.6 Å². The van der Waals surface area contributed by atoms with Gasteiger partial charge in [0.05, 0.1) is 12.0 Å². The van der Waals surface area contributed by atoms with Crippen LogP contribution >= 0.6 is 0 Å². The van der Waals surface area contributed by atoms with Gasteiger partial charge in [0, 0.05) is 12.8 Å². The normalized spacial score (nSPS) is 17.4. The van der Waals surface area contributed by atoms with Gasteiger partial charge in [0.1, 0.15) is 0 Å². The van der Waals surface area contributed by atoms with Crippen LogP contribution in [0.2, 0.25) is 0 Å². The van der Waals surface area contributed by atoms with Crippen LogP contribution in [-0.4, -0.2) is 13.0 Å². The summed E-state index contributed by atoms with van der Waals surface area (Å²) in [6, 6.07) is 5.96. The predicted molar refractivity (Wildman–Crippen MR) is 58.8 cm³/mol. The molecule has 1 aliphatic heterocycles. The number of benzene rings is 1. The van der Waals surface area contributed by atoms with Gasteiger partial charge >= 0.3 is 0 Å². The van der Waals surface area contributed by atoms with E-state index in [4.69, 9.17) is 4.74 Å². The third-order valence-electron chi connectivity index (χ3n) is 2.88. The van der Waals surface area contributed by atoms with Crippen LogP contribution < -0.4 is 5.32 Å². The van der Waals surface area contributed by atoms with Crippen LogP contribution in [0, 0.1) is 0 Å². The van der Waals surface area contributed by atoms with Crippen LogP contribution in [0.4, 0.5) is 5.69 Å². The Morgan fingerprint density at radius 2 is 2.13 bits per heavy atom. The van der Waals surface area contributed by atoms with Gasteiger partial charge in [0.2, 0.25) is 5.91 Å². The largest absolute Gasteiger partial charge is 0.380 e. The molecule has 1 aromatic carbocycles. The summed E-state index contributed by atoms with van der Waals surface area (Å²) < 4.78 is 5.08. The van der Waals surface area contributed by atoms with Crippen molar-refractivity contribution in [3.8, 4) is 0 Å². The molecular weight excluding hydrogens is 190 g/mol. The molecular formula is C12H15NO2. The number of hydrogen-bond donors (Lipinski definition) is 1. The summed E-state index contributed by atoms with van der Waals surface area (Å²) in [5, 5.41) is 2.88. The molecule has 3 nitrogen and oxygen atoms in total. The van der Waals surface area contributed by atoms with Crippen LogP contribution in [0.25, 0.3) is 0 Å². The summed E-state index contributed by atoms with van der Waals surface area (Å²) >= 11 is 0. The van der Waals surface area contributed by atoms with Gasteiger partial charge in [-0.15, -0.1) is 0 Å². The Bertz CT molecular complexity index is 410. The number of ether oxygens (including phenoxy) is 1. The minimum absolute atomic E-state index is 0.0621. The first kappa shape index (κ1) is 10.2. The number of hydrogen-bond acceptors (Lipinski definition) is 2. The van der Waals surface area contributed by atoms with Crippen molar-refractivity contribution in [2.45, 2.75) is 25.9 Å². The maximum absolute atomic E-state index is 11.7. The van der Waals surface area contributed by atoms with E-state index < -0.39 is 5.41 Å². The molecule has 0 radical (unpaired) electrons. The van der Waals surface area contributed by atoms with Crippen LogP contribution in [0.5, 0.6) is 0 Å². The highest BCUT2D eigenvalue weighted by atomic mass is 16.5.